The lowest BCUT2D eigenvalue weighted by Gasteiger charge is -2.21. The summed E-state index contributed by atoms with van der Waals surface area (Å²) in [6.45, 7) is 0.252. The van der Waals surface area contributed by atoms with Crippen LogP contribution in [0.25, 0.3) is 0 Å². The Morgan fingerprint density at radius 1 is 1.56 bits per heavy atom. The molecule has 1 amide bonds. The molecule has 1 aromatic heterocycles. The molecule has 1 saturated carbocycles. The van der Waals surface area contributed by atoms with Crippen molar-refractivity contribution in [2.75, 3.05) is 6.54 Å². The lowest BCUT2D eigenvalue weighted by atomic mass is 10.3. The molecule has 1 aromatic rings. The molecule has 0 spiro atoms. The third-order valence-electron chi connectivity index (χ3n) is 3.01. The van der Waals surface area contributed by atoms with Gasteiger partial charge < -0.3 is 14.6 Å². The summed E-state index contributed by atoms with van der Waals surface area (Å²) in [4.78, 5) is 24.6. The number of hydrogen-bond donors (Lipinski definition) is 1. The van der Waals surface area contributed by atoms with Crippen LogP contribution in [0.1, 0.15) is 29.8 Å². The first-order valence-electron chi connectivity index (χ1n) is 5.83. The molecule has 0 bridgehead atoms. The Bertz CT molecular complexity index is 480. The summed E-state index contributed by atoms with van der Waals surface area (Å²) >= 11 is 5.85. The van der Waals surface area contributed by atoms with E-state index < -0.39 is 5.97 Å². The van der Waals surface area contributed by atoms with Crippen molar-refractivity contribution in [2.45, 2.75) is 25.3 Å². The molecule has 0 unspecified atom stereocenters. The van der Waals surface area contributed by atoms with E-state index in [4.69, 9.17) is 16.7 Å². The van der Waals surface area contributed by atoms with Gasteiger partial charge in [-0.05, 0) is 18.9 Å². The standard InChI is InChI=1S/C12H15ClN2O3/c1-14-7-8(13)6-10(14)12(18)15(9-2-3-9)5-4-11(16)17/h6-7,9H,2-5H2,1H3,(H,16,17). The van der Waals surface area contributed by atoms with Crippen molar-refractivity contribution in [3.8, 4) is 0 Å². The molecule has 0 atom stereocenters. The minimum atomic E-state index is -0.890. The van der Waals surface area contributed by atoms with Crippen molar-refractivity contribution in [1.82, 2.24) is 9.47 Å². The molecular weight excluding hydrogens is 256 g/mol. The number of aryl methyl sites for hydroxylation is 1. The number of carboxylic acids is 1. The largest absolute Gasteiger partial charge is 0.481 e. The van der Waals surface area contributed by atoms with Crippen molar-refractivity contribution in [3.63, 3.8) is 0 Å². The Kier molecular flexibility index (Phi) is 3.61. The number of rotatable bonds is 5. The maximum absolute atomic E-state index is 12.3. The van der Waals surface area contributed by atoms with E-state index in [-0.39, 0.29) is 24.9 Å². The fourth-order valence-corrected chi connectivity index (χ4v) is 2.19. The van der Waals surface area contributed by atoms with Crippen LogP contribution in [0.2, 0.25) is 5.02 Å². The second-order valence-electron chi connectivity index (χ2n) is 4.53. The summed E-state index contributed by atoms with van der Waals surface area (Å²) in [5, 5.41) is 9.22. The topological polar surface area (TPSA) is 62.5 Å². The summed E-state index contributed by atoms with van der Waals surface area (Å²) in [5.41, 5.74) is 0.497. The molecule has 1 aliphatic rings. The van der Waals surface area contributed by atoms with Gasteiger partial charge >= 0.3 is 5.97 Å². The van der Waals surface area contributed by atoms with Crippen molar-refractivity contribution >= 4 is 23.5 Å². The lowest BCUT2D eigenvalue weighted by molar-refractivity contribution is -0.137. The van der Waals surface area contributed by atoms with Crippen molar-refractivity contribution in [2.24, 2.45) is 7.05 Å². The SMILES string of the molecule is Cn1cc(Cl)cc1C(=O)N(CCC(=O)O)C1CC1. The first kappa shape index (κ1) is 13.0. The first-order chi connectivity index (χ1) is 8.49. The zero-order chi connectivity index (χ0) is 13.3. The quantitative estimate of drug-likeness (QED) is 0.887. The van der Waals surface area contributed by atoms with E-state index in [0.717, 1.165) is 12.8 Å². The van der Waals surface area contributed by atoms with Gasteiger partial charge in [0.15, 0.2) is 0 Å². The number of amides is 1. The maximum Gasteiger partial charge on any atom is 0.305 e. The van der Waals surface area contributed by atoms with E-state index in [2.05, 4.69) is 0 Å². The number of halogens is 1. The minimum Gasteiger partial charge on any atom is -0.481 e. The molecule has 0 saturated heterocycles. The van der Waals surface area contributed by atoms with Crippen LogP contribution in [-0.4, -0.2) is 39.0 Å². The Hall–Kier alpha value is -1.49. The number of aromatic nitrogens is 1. The van der Waals surface area contributed by atoms with E-state index in [9.17, 15) is 9.59 Å². The molecule has 6 heteroatoms. The molecule has 18 heavy (non-hydrogen) atoms. The molecular formula is C12H15ClN2O3. The second kappa shape index (κ2) is 5.02. The summed E-state index contributed by atoms with van der Waals surface area (Å²) in [5.74, 6) is -1.04. The van der Waals surface area contributed by atoms with Gasteiger partial charge in [-0.3, -0.25) is 9.59 Å². The van der Waals surface area contributed by atoms with E-state index in [1.807, 2.05) is 0 Å². The molecule has 1 N–H and O–H groups in total. The van der Waals surface area contributed by atoms with Gasteiger partial charge in [-0.25, -0.2) is 0 Å². The number of carbonyl (C=O) groups excluding carboxylic acids is 1. The monoisotopic (exact) mass is 270 g/mol. The van der Waals surface area contributed by atoms with Crippen LogP contribution in [0.5, 0.6) is 0 Å². The predicted molar refractivity (Wildman–Crippen MR) is 66.7 cm³/mol. The maximum atomic E-state index is 12.3. The fraction of sp³-hybridized carbons (Fsp3) is 0.500. The normalized spacial score (nSPS) is 14.6. The van der Waals surface area contributed by atoms with E-state index in [1.165, 1.54) is 0 Å². The van der Waals surface area contributed by atoms with Crippen LogP contribution < -0.4 is 0 Å². The molecule has 5 nitrogen and oxygen atoms in total. The number of carbonyl (C=O) groups is 2. The van der Waals surface area contributed by atoms with Crippen molar-refractivity contribution in [3.05, 3.63) is 23.0 Å². The van der Waals surface area contributed by atoms with Crippen molar-refractivity contribution < 1.29 is 14.7 Å². The second-order valence-corrected chi connectivity index (χ2v) is 4.96. The molecule has 0 aromatic carbocycles. The van der Waals surface area contributed by atoms with Crippen LogP contribution in [0.4, 0.5) is 0 Å². The molecule has 1 heterocycles. The van der Waals surface area contributed by atoms with Gasteiger partial charge in [-0.1, -0.05) is 11.6 Å². The summed E-state index contributed by atoms with van der Waals surface area (Å²) in [6, 6.07) is 1.80. The molecule has 0 aliphatic heterocycles. The van der Waals surface area contributed by atoms with Gasteiger partial charge in [0.2, 0.25) is 0 Å². The first-order valence-corrected chi connectivity index (χ1v) is 6.21. The van der Waals surface area contributed by atoms with E-state index in [0.29, 0.717) is 10.7 Å². The highest BCUT2D eigenvalue weighted by atomic mass is 35.5. The van der Waals surface area contributed by atoms with Gasteiger partial charge in [0, 0.05) is 25.8 Å². The van der Waals surface area contributed by atoms with E-state index >= 15 is 0 Å². The number of hydrogen-bond acceptors (Lipinski definition) is 2. The van der Waals surface area contributed by atoms with Crippen LogP contribution in [0.3, 0.4) is 0 Å². The highest BCUT2D eigenvalue weighted by Gasteiger charge is 2.34. The smallest absolute Gasteiger partial charge is 0.305 e. The Labute approximate surface area is 110 Å². The molecule has 1 aliphatic carbocycles. The van der Waals surface area contributed by atoms with Gasteiger partial charge in [-0.15, -0.1) is 0 Å². The number of aliphatic carboxylic acids is 1. The average Bonchev–Trinajstić information content (AvgIpc) is 3.04. The third-order valence-corrected chi connectivity index (χ3v) is 3.21. The van der Waals surface area contributed by atoms with Crippen molar-refractivity contribution in [1.29, 1.82) is 0 Å². The van der Waals surface area contributed by atoms with Gasteiger partial charge in [0.1, 0.15) is 5.69 Å². The average molecular weight is 271 g/mol. The molecule has 2 rings (SSSR count). The van der Waals surface area contributed by atoms with E-state index in [1.54, 1.807) is 28.8 Å². The fourth-order valence-electron chi connectivity index (χ4n) is 1.94. The van der Waals surface area contributed by atoms with Gasteiger partial charge in [0.05, 0.1) is 11.4 Å². The van der Waals surface area contributed by atoms with Crippen LogP contribution in [-0.2, 0) is 11.8 Å². The lowest BCUT2D eigenvalue weighted by Crippen LogP contribution is -2.35. The molecule has 1 fully saturated rings. The minimum absolute atomic E-state index is 0.0274. The predicted octanol–water partition coefficient (Wildman–Crippen LogP) is 1.76. The number of carboxylic acid groups (broad SMARTS) is 1. The third kappa shape index (κ3) is 2.85. The molecule has 98 valence electrons. The summed E-state index contributed by atoms with van der Waals surface area (Å²) in [7, 11) is 1.75. The Morgan fingerprint density at radius 2 is 2.22 bits per heavy atom. The van der Waals surface area contributed by atoms with Crippen LogP contribution in [0, 0.1) is 0 Å². The Morgan fingerprint density at radius 3 is 2.67 bits per heavy atom. The molecule has 0 radical (unpaired) electrons. The highest BCUT2D eigenvalue weighted by Crippen LogP contribution is 2.29. The van der Waals surface area contributed by atoms with Crippen LogP contribution >= 0.6 is 11.6 Å². The zero-order valence-corrected chi connectivity index (χ0v) is 10.9. The summed E-state index contributed by atoms with van der Waals surface area (Å²) < 4.78 is 1.67. The highest BCUT2D eigenvalue weighted by molar-refractivity contribution is 6.31. The van der Waals surface area contributed by atoms with Crippen LogP contribution in [0.15, 0.2) is 12.3 Å². The number of nitrogens with zero attached hydrogens (tertiary/aromatic N) is 2. The summed E-state index contributed by atoms with van der Waals surface area (Å²) in [6.07, 6.45) is 3.53. The van der Waals surface area contributed by atoms with Gasteiger partial charge in [0.25, 0.3) is 5.91 Å². The Balaban J connectivity index is 2.12. The zero-order valence-electron chi connectivity index (χ0n) is 10.1. The van der Waals surface area contributed by atoms with Gasteiger partial charge in [-0.2, -0.15) is 0 Å².